The molecule has 0 unspecified atom stereocenters. The maximum absolute atomic E-state index is 10.4. The van der Waals surface area contributed by atoms with Crippen LogP contribution in [0, 0.1) is 0 Å². The SMILES string of the molecule is Nc1cc(C(=O)[O-])c(N)cc1C(=O)[O-].[K+].[K+]. The predicted octanol–water partition coefficient (Wildman–Crippen LogP) is -8.41. The largest absolute Gasteiger partial charge is 1.00 e. The third-order valence-electron chi connectivity index (χ3n) is 1.66. The van der Waals surface area contributed by atoms with Crippen molar-refractivity contribution in [2.75, 3.05) is 11.5 Å². The van der Waals surface area contributed by atoms with Crippen LogP contribution in [0.3, 0.4) is 0 Å². The normalized spacial score (nSPS) is 8.50. The van der Waals surface area contributed by atoms with Gasteiger partial charge in [0.25, 0.3) is 0 Å². The zero-order valence-electron chi connectivity index (χ0n) is 8.94. The van der Waals surface area contributed by atoms with Crippen LogP contribution in [0.2, 0.25) is 0 Å². The standard InChI is InChI=1S/C8H8N2O4.2K/c9-5-1-3(7(11)12)6(10)2-4(5)8(13)14;;/h1-2H,9-10H2,(H,11,12)(H,13,14);;/q;2*+1/p-2. The first-order chi connectivity index (χ1) is 6.43. The summed E-state index contributed by atoms with van der Waals surface area (Å²) in [6, 6.07) is 1.85. The molecule has 0 saturated heterocycles. The summed E-state index contributed by atoms with van der Waals surface area (Å²) in [6.07, 6.45) is 0. The number of hydrogen-bond donors (Lipinski definition) is 2. The summed E-state index contributed by atoms with van der Waals surface area (Å²) < 4.78 is 0. The molecule has 0 aromatic heterocycles. The van der Waals surface area contributed by atoms with Crippen molar-refractivity contribution in [3.8, 4) is 0 Å². The van der Waals surface area contributed by atoms with E-state index in [0.717, 1.165) is 12.1 Å². The Kier molecular flexibility index (Phi) is 9.92. The van der Waals surface area contributed by atoms with Crippen LogP contribution >= 0.6 is 0 Å². The third kappa shape index (κ3) is 4.72. The van der Waals surface area contributed by atoms with Gasteiger partial charge in [0, 0.05) is 22.5 Å². The van der Waals surface area contributed by atoms with Crippen molar-refractivity contribution in [1.29, 1.82) is 0 Å². The molecular formula is C8H6K2N2O4. The molecule has 0 fully saturated rings. The van der Waals surface area contributed by atoms with Crippen LogP contribution in [0.1, 0.15) is 20.7 Å². The summed E-state index contributed by atoms with van der Waals surface area (Å²) in [5.41, 5.74) is 9.40. The average molecular weight is 272 g/mol. The van der Waals surface area contributed by atoms with E-state index in [4.69, 9.17) is 11.5 Å². The number of nitrogens with two attached hydrogens (primary N) is 2. The van der Waals surface area contributed by atoms with E-state index in [9.17, 15) is 19.8 Å². The molecule has 0 heterocycles. The Labute approximate surface area is 177 Å². The van der Waals surface area contributed by atoms with E-state index in [0.29, 0.717) is 0 Å². The summed E-state index contributed by atoms with van der Waals surface area (Å²) in [4.78, 5) is 20.9. The van der Waals surface area contributed by atoms with Crippen molar-refractivity contribution in [1.82, 2.24) is 0 Å². The number of carbonyl (C=O) groups excluding carboxylic acids is 2. The van der Waals surface area contributed by atoms with Gasteiger partial charge in [-0.25, -0.2) is 0 Å². The van der Waals surface area contributed by atoms with E-state index in [1.807, 2.05) is 0 Å². The van der Waals surface area contributed by atoms with Crippen LogP contribution in [0.15, 0.2) is 12.1 Å². The van der Waals surface area contributed by atoms with Gasteiger partial charge < -0.3 is 31.3 Å². The number of hydrogen-bond acceptors (Lipinski definition) is 6. The quantitative estimate of drug-likeness (QED) is 0.406. The zero-order valence-corrected chi connectivity index (χ0v) is 15.2. The summed E-state index contributed by atoms with van der Waals surface area (Å²) in [6.45, 7) is 0. The molecule has 0 aliphatic carbocycles. The van der Waals surface area contributed by atoms with E-state index >= 15 is 0 Å². The fourth-order valence-electron chi connectivity index (χ4n) is 0.987. The number of benzene rings is 1. The summed E-state index contributed by atoms with van der Waals surface area (Å²) in [5.74, 6) is -3.03. The Bertz CT molecular complexity index is 383. The van der Waals surface area contributed by atoms with Crippen LogP contribution in [0.4, 0.5) is 11.4 Å². The maximum Gasteiger partial charge on any atom is 1.00 e. The molecule has 0 atom stereocenters. The van der Waals surface area contributed by atoms with Crippen molar-refractivity contribution >= 4 is 23.3 Å². The Morgan fingerprint density at radius 2 is 1.12 bits per heavy atom. The second-order valence-electron chi connectivity index (χ2n) is 2.60. The molecule has 0 aliphatic heterocycles. The molecule has 0 radical (unpaired) electrons. The first-order valence-corrected chi connectivity index (χ1v) is 3.55. The molecule has 16 heavy (non-hydrogen) atoms. The summed E-state index contributed by atoms with van der Waals surface area (Å²) in [5, 5.41) is 20.9. The minimum atomic E-state index is -1.51. The Balaban J connectivity index is 0. The molecule has 74 valence electrons. The van der Waals surface area contributed by atoms with Gasteiger partial charge in [-0.1, -0.05) is 0 Å². The van der Waals surface area contributed by atoms with E-state index in [-0.39, 0.29) is 125 Å². The van der Waals surface area contributed by atoms with E-state index < -0.39 is 11.9 Å². The van der Waals surface area contributed by atoms with Crippen LogP contribution in [-0.4, -0.2) is 11.9 Å². The van der Waals surface area contributed by atoms with Crippen LogP contribution in [-0.2, 0) is 0 Å². The van der Waals surface area contributed by atoms with Crippen LogP contribution in [0.5, 0.6) is 0 Å². The molecule has 8 heteroatoms. The van der Waals surface area contributed by atoms with Crippen molar-refractivity contribution in [2.45, 2.75) is 0 Å². The van der Waals surface area contributed by atoms with Crippen molar-refractivity contribution < 1.29 is 123 Å². The van der Waals surface area contributed by atoms with Gasteiger partial charge in [0.05, 0.1) is 11.9 Å². The van der Waals surface area contributed by atoms with Gasteiger partial charge in [0.2, 0.25) is 0 Å². The number of carboxylic acid groups (broad SMARTS) is 2. The summed E-state index contributed by atoms with van der Waals surface area (Å²) in [7, 11) is 0. The first kappa shape index (κ1) is 19.4. The van der Waals surface area contributed by atoms with Gasteiger partial charge in [-0.15, -0.1) is 0 Å². The number of carbonyl (C=O) groups is 2. The van der Waals surface area contributed by atoms with E-state index in [1.165, 1.54) is 0 Å². The van der Waals surface area contributed by atoms with Gasteiger partial charge in [0.1, 0.15) is 0 Å². The van der Waals surface area contributed by atoms with Crippen LogP contribution in [0.25, 0.3) is 0 Å². The van der Waals surface area contributed by atoms with Gasteiger partial charge in [-0.05, 0) is 12.1 Å². The summed E-state index contributed by atoms with van der Waals surface area (Å²) >= 11 is 0. The number of anilines is 2. The zero-order chi connectivity index (χ0) is 10.9. The fourth-order valence-corrected chi connectivity index (χ4v) is 0.987. The van der Waals surface area contributed by atoms with Crippen molar-refractivity contribution in [3.05, 3.63) is 23.3 Å². The minimum absolute atomic E-state index is 0. The molecule has 0 aliphatic rings. The molecule has 1 rings (SSSR count). The van der Waals surface area contributed by atoms with Gasteiger partial charge in [-0.2, -0.15) is 0 Å². The van der Waals surface area contributed by atoms with E-state index in [1.54, 1.807) is 0 Å². The van der Waals surface area contributed by atoms with Gasteiger partial charge in [0.15, 0.2) is 0 Å². The van der Waals surface area contributed by atoms with E-state index in [2.05, 4.69) is 0 Å². The third-order valence-corrected chi connectivity index (χ3v) is 1.66. The minimum Gasteiger partial charge on any atom is -0.545 e. The monoisotopic (exact) mass is 272 g/mol. The number of nitrogen functional groups attached to an aromatic ring is 2. The van der Waals surface area contributed by atoms with Crippen LogP contribution < -0.4 is 124 Å². The van der Waals surface area contributed by atoms with Crippen molar-refractivity contribution in [3.63, 3.8) is 0 Å². The molecule has 0 amide bonds. The molecule has 6 nitrogen and oxygen atoms in total. The molecule has 1 aromatic carbocycles. The van der Waals surface area contributed by atoms with Crippen molar-refractivity contribution in [2.24, 2.45) is 0 Å². The number of rotatable bonds is 2. The topological polar surface area (TPSA) is 132 Å². The average Bonchev–Trinajstić information content (AvgIpc) is 2.07. The smallest absolute Gasteiger partial charge is 0.545 e. The molecule has 1 aromatic rings. The molecule has 0 spiro atoms. The second-order valence-corrected chi connectivity index (χ2v) is 2.60. The Hall–Kier alpha value is 1.03. The number of carboxylic acids is 2. The fraction of sp³-hybridized carbons (Fsp3) is 0. The molecule has 0 saturated carbocycles. The maximum atomic E-state index is 10.4. The molecule has 0 bridgehead atoms. The first-order valence-electron chi connectivity index (χ1n) is 3.55. The Morgan fingerprint density at radius 3 is 1.31 bits per heavy atom. The molecular weight excluding hydrogens is 266 g/mol. The molecule has 4 N–H and O–H groups in total. The van der Waals surface area contributed by atoms with Gasteiger partial charge >= 0.3 is 103 Å². The number of aromatic carboxylic acids is 2. The Morgan fingerprint density at radius 1 is 0.875 bits per heavy atom. The second kappa shape index (κ2) is 8.19. The van der Waals surface area contributed by atoms with Gasteiger partial charge in [-0.3, -0.25) is 0 Å². The predicted molar refractivity (Wildman–Crippen MR) is 43.9 cm³/mol.